The second-order valence-corrected chi connectivity index (χ2v) is 7.35. The van der Waals surface area contributed by atoms with Gasteiger partial charge in [0.05, 0.1) is 17.6 Å². The summed E-state index contributed by atoms with van der Waals surface area (Å²) in [6, 6.07) is 16.1. The molecule has 0 spiro atoms. The number of nitrogens with zero attached hydrogens (tertiary/aromatic N) is 3. The van der Waals surface area contributed by atoms with Crippen LogP contribution in [0.3, 0.4) is 0 Å². The van der Waals surface area contributed by atoms with Crippen LogP contribution >= 0.6 is 27.3 Å². The van der Waals surface area contributed by atoms with E-state index in [0.29, 0.717) is 0 Å². The summed E-state index contributed by atoms with van der Waals surface area (Å²) in [5.74, 6) is 0. The van der Waals surface area contributed by atoms with Crippen LogP contribution in [0.1, 0.15) is 11.3 Å². The van der Waals surface area contributed by atoms with E-state index < -0.39 is 0 Å². The summed E-state index contributed by atoms with van der Waals surface area (Å²) in [6.45, 7) is 2.03. The van der Waals surface area contributed by atoms with Crippen molar-refractivity contribution in [2.24, 2.45) is 10.1 Å². The molecule has 6 heteroatoms. The number of hydrogen-bond acceptors (Lipinski definition) is 3. The Morgan fingerprint density at radius 2 is 2.00 bits per heavy atom. The maximum absolute atomic E-state index is 4.69. The maximum atomic E-state index is 4.69. The van der Waals surface area contributed by atoms with E-state index in [9.17, 15) is 0 Å². The zero-order valence-corrected chi connectivity index (χ0v) is 15.9. The molecule has 2 heterocycles. The molecule has 0 atom stereocenters. The molecule has 124 valence electrons. The Morgan fingerprint density at radius 3 is 2.84 bits per heavy atom. The molecule has 1 N–H and O–H groups in total. The average Bonchev–Trinajstić information content (AvgIpc) is 3.17. The molecule has 0 saturated heterocycles. The van der Waals surface area contributed by atoms with Crippen molar-refractivity contribution in [3.63, 3.8) is 0 Å². The third-order valence-corrected chi connectivity index (χ3v) is 5.25. The quantitative estimate of drug-likeness (QED) is 0.450. The Labute approximate surface area is 157 Å². The first-order valence-corrected chi connectivity index (χ1v) is 9.46. The molecule has 25 heavy (non-hydrogen) atoms. The van der Waals surface area contributed by atoms with Gasteiger partial charge in [0.1, 0.15) is 0 Å². The van der Waals surface area contributed by atoms with Gasteiger partial charge in [0.15, 0.2) is 0 Å². The molecule has 0 fully saturated rings. The number of thiazole rings is 1. The number of nitrogens with one attached hydrogen (secondary N) is 1. The summed E-state index contributed by atoms with van der Waals surface area (Å²) in [6.07, 6.45) is 3.84. The van der Waals surface area contributed by atoms with E-state index in [1.807, 2.05) is 60.4 Å². The second kappa shape index (κ2) is 6.82. The largest absolute Gasteiger partial charge is 0.361 e. The Kier molecular flexibility index (Phi) is 4.38. The van der Waals surface area contributed by atoms with Gasteiger partial charge in [0, 0.05) is 32.5 Å². The highest BCUT2D eigenvalue weighted by atomic mass is 79.9. The van der Waals surface area contributed by atoms with E-state index in [-0.39, 0.29) is 0 Å². The second-order valence-electron chi connectivity index (χ2n) is 5.60. The molecule has 0 amide bonds. The number of H-pyrrole nitrogens is 1. The third kappa shape index (κ3) is 3.36. The minimum atomic E-state index is 0.848. The van der Waals surface area contributed by atoms with Crippen LogP contribution in [0.5, 0.6) is 0 Å². The molecule has 0 aliphatic rings. The molecule has 2 aromatic carbocycles. The number of benzene rings is 2. The number of aryl methyl sites for hydroxylation is 1. The summed E-state index contributed by atoms with van der Waals surface area (Å²) in [5, 5.41) is 7.85. The monoisotopic (exact) mass is 410 g/mol. The van der Waals surface area contributed by atoms with Gasteiger partial charge in [-0.1, -0.05) is 34.1 Å². The summed E-state index contributed by atoms with van der Waals surface area (Å²) in [4.78, 5) is 8.81. The van der Waals surface area contributed by atoms with Gasteiger partial charge in [0.25, 0.3) is 0 Å². The number of aromatic nitrogens is 2. The van der Waals surface area contributed by atoms with E-state index in [1.165, 1.54) is 0 Å². The van der Waals surface area contributed by atoms with Crippen molar-refractivity contribution in [3.05, 3.63) is 80.6 Å². The summed E-state index contributed by atoms with van der Waals surface area (Å²) in [7, 11) is 0. The summed E-state index contributed by atoms with van der Waals surface area (Å²) in [5.41, 5.74) is 4.10. The van der Waals surface area contributed by atoms with Crippen molar-refractivity contribution in [3.8, 4) is 0 Å². The molecular weight excluding hydrogens is 396 g/mol. The number of halogens is 1. The maximum Gasteiger partial charge on any atom is 0.211 e. The first-order chi connectivity index (χ1) is 12.2. The van der Waals surface area contributed by atoms with E-state index >= 15 is 0 Å². The fraction of sp³-hybridized carbons (Fsp3) is 0.0526. The SMILES string of the molecule is Cc1csc(=Nc2ccccc2)n1N=Cc1c[nH]c2ccc(Br)cc12. The van der Waals surface area contributed by atoms with Gasteiger partial charge in [-0.15, -0.1) is 11.3 Å². The van der Waals surface area contributed by atoms with Crippen LogP contribution in [0.25, 0.3) is 10.9 Å². The molecule has 0 radical (unpaired) electrons. The molecule has 0 bridgehead atoms. The van der Waals surface area contributed by atoms with Crippen molar-refractivity contribution in [1.29, 1.82) is 0 Å². The Bertz CT molecular complexity index is 1120. The first kappa shape index (κ1) is 16.1. The van der Waals surface area contributed by atoms with E-state index in [1.54, 1.807) is 11.3 Å². The summed E-state index contributed by atoms with van der Waals surface area (Å²) >= 11 is 5.11. The lowest BCUT2D eigenvalue weighted by Crippen LogP contribution is -2.11. The fourth-order valence-corrected chi connectivity index (χ4v) is 3.74. The molecule has 4 rings (SSSR count). The topological polar surface area (TPSA) is 45.4 Å². The predicted octanol–water partition coefficient (Wildman–Crippen LogP) is 5.22. The minimum absolute atomic E-state index is 0.848. The van der Waals surface area contributed by atoms with Gasteiger partial charge in [-0.25, -0.2) is 9.67 Å². The highest BCUT2D eigenvalue weighted by molar-refractivity contribution is 9.10. The third-order valence-electron chi connectivity index (χ3n) is 3.82. The van der Waals surface area contributed by atoms with Crippen LogP contribution in [0, 0.1) is 6.92 Å². The zero-order valence-electron chi connectivity index (χ0n) is 13.5. The smallest absolute Gasteiger partial charge is 0.211 e. The van der Waals surface area contributed by atoms with Crippen LogP contribution in [0.4, 0.5) is 5.69 Å². The fourth-order valence-electron chi connectivity index (χ4n) is 2.56. The normalized spacial score (nSPS) is 12.5. The van der Waals surface area contributed by atoms with Crippen LogP contribution in [-0.2, 0) is 0 Å². The highest BCUT2D eigenvalue weighted by Gasteiger charge is 2.03. The van der Waals surface area contributed by atoms with Crippen molar-refractivity contribution in [2.75, 3.05) is 0 Å². The van der Waals surface area contributed by atoms with Crippen molar-refractivity contribution in [1.82, 2.24) is 9.66 Å². The van der Waals surface area contributed by atoms with Gasteiger partial charge in [-0.3, -0.25) is 0 Å². The zero-order chi connectivity index (χ0) is 17.2. The van der Waals surface area contributed by atoms with Crippen LogP contribution in [0.2, 0.25) is 0 Å². The molecule has 0 unspecified atom stereocenters. The van der Waals surface area contributed by atoms with Crippen LogP contribution in [-0.4, -0.2) is 15.9 Å². The minimum Gasteiger partial charge on any atom is -0.361 e. The van der Waals surface area contributed by atoms with E-state index in [0.717, 1.165) is 37.1 Å². The molecular formula is C19H15BrN4S. The number of hydrogen-bond donors (Lipinski definition) is 1. The number of rotatable bonds is 3. The van der Waals surface area contributed by atoms with Crippen molar-refractivity contribution >= 4 is 50.1 Å². The Hall–Kier alpha value is -2.44. The molecule has 2 aromatic heterocycles. The Balaban J connectivity index is 1.76. The predicted molar refractivity (Wildman–Crippen MR) is 108 cm³/mol. The molecule has 0 aliphatic heterocycles. The first-order valence-electron chi connectivity index (χ1n) is 7.78. The van der Waals surface area contributed by atoms with Crippen LogP contribution in [0.15, 0.2) is 74.7 Å². The molecule has 4 nitrogen and oxygen atoms in total. The highest BCUT2D eigenvalue weighted by Crippen LogP contribution is 2.21. The van der Waals surface area contributed by atoms with Crippen LogP contribution < -0.4 is 4.80 Å². The average molecular weight is 411 g/mol. The molecule has 0 aliphatic carbocycles. The van der Waals surface area contributed by atoms with Gasteiger partial charge >= 0.3 is 0 Å². The lowest BCUT2D eigenvalue weighted by atomic mass is 10.2. The van der Waals surface area contributed by atoms with Gasteiger partial charge in [-0.05, 0) is 37.3 Å². The van der Waals surface area contributed by atoms with E-state index in [4.69, 9.17) is 4.99 Å². The van der Waals surface area contributed by atoms with Crippen molar-refractivity contribution in [2.45, 2.75) is 6.92 Å². The number of fused-ring (bicyclic) bond motifs is 1. The lowest BCUT2D eigenvalue weighted by molar-refractivity contribution is 0.810. The van der Waals surface area contributed by atoms with E-state index in [2.05, 4.69) is 43.5 Å². The number of para-hydroxylation sites is 1. The Morgan fingerprint density at radius 1 is 1.16 bits per heavy atom. The van der Waals surface area contributed by atoms with Gasteiger partial charge < -0.3 is 4.98 Å². The molecule has 0 saturated carbocycles. The number of aromatic amines is 1. The standard InChI is InChI=1S/C19H15BrN4S/c1-13-12-25-19(23-16-5-3-2-4-6-16)24(13)22-11-14-10-21-18-8-7-15(20)9-17(14)18/h2-12,21H,1H3. The van der Waals surface area contributed by atoms with Gasteiger partial charge in [0.2, 0.25) is 4.80 Å². The lowest BCUT2D eigenvalue weighted by Gasteiger charge is -1.98. The van der Waals surface area contributed by atoms with Gasteiger partial charge in [-0.2, -0.15) is 5.10 Å². The summed E-state index contributed by atoms with van der Waals surface area (Å²) < 4.78 is 2.92. The molecule has 4 aromatic rings. The van der Waals surface area contributed by atoms with Crippen molar-refractivity contribution < 1.29 is 0 Å².